The molecule has 0 unspecified atom stereocenters. The largest absolute Gasteiger partial charge is 0.452 e. The highest BCUT2D eigenvalue weighted by Gasteiger charge is 2.34. The van der Waals surface area contributed by atoms with Crippen LogP contribution in [-0.2, 0) is 19.4 Å². The van der Waals surface area contributed by atoms with Gasteiger partial charge in [0.05, 0.1) is 22.0 Å². The molecule has 2 saturated heterocycles. The number of ether oxygens (including phenoxy) is 1. The Kier molecular flexibility index (Phi) is 7.37. The van der Waals surface area contributed by atoms with E-state index in [1.165, 1.54) is 17.0 Å². The molecule has 0 radical (unpaired) electrons. The highest BCUT2D eigenvalue weighted by atomic mass is 32.2. The molecule has 2 atom stereocenters. The minimum Gasteiger partial charge on any atom is -0.452 e. The lowest BCUT2D eigenvalue weighted by molar-refractivity contribution is -0.384. The molecule has 1 amide bonds. The Morgan fingerprint density at radius 3 is 2.66 bits per heavy atom. The number of amides is 1. The molecule has 2 aliphatic rings. The van der Waals surface area contributed by atoms with Gasteiger partial charge >= 0.3 is 5.97 Å². The minimum absolute atomic E-state index is 0.00944. The molecule has 32 heavy (non-hydrogen) atoms. The first-order valence-electron chi connectivity index (χ1n) is 10.8. The smallest absolute Gasteiger partial charge is 0.338 e. The molecule has 10 nitrogen and oxygen atoms in total. The SMILES string of the molecule is CCN(C(=O)COC(=O)c1ccc(N2CCC[C@@H](C)C2)c([N+](=O)[O-])c1)[C@H]1CCS(=O)(=O)C1. The number of rotatable bonds is 7. The number of nitrogens with zero attached hydrogens (tertiary/aromatic N) is 3. The van der Waals surface area contributed by atoms with Crippen molar-refractivity contribution in [2.24, 2.45) is 5.92 Å². The van der Waals surface area contributed by atoms with E-state index in [0.717, 1.165) is 12.8 Å². The lowest BCUT2D eigenvalue weighted by Crippen LogP contribution is -2.43. The summed E-state index contributed by atoms with van der Waals surface area (Å²) in [5.41, 5.74) is 0.282. The zero-order chi connectivity index (χ0) is 23.5. The van der Waals surface area contributed by atoms with Gasteiger partial charge in [0, 0.05) is 31.7 Å². The molecule has 2 heterocycles. The Labute approximate surface area is 187 Å². The number of hydrogen-bond donors (Lipinski definition) is 0. The van der Waals surface area contributed by atoms with Crippen molar-refractivity contribution in [2.45, 2.75) is 39.2 Å². The van der Waals surface area contributed by atoms with Crippen LogP contribution in [0.2, 0.25) is 0 Å². The van der Waals surface area contributed by atoms with E-state index in [-0.39, 0.29) is 22.8 Å². The average Bonchev–Trinajstić information content (AvgIpc) is 3.11. The Morgan fingerprint density at radius 2 is 2.06 bits per heavy atom. The van der Waals surface area contributed by atoms with Gasteiger partial charge in [-0.3, -0.25) is 14.9 Å². The van der Waals surface area contributed by atoms with Crippen LogP contribution in [0.5, 0.6) is 0 Å². The molecule has 0 bridgehead atoms. The zero-order valence-corrected chi connectivity index (χ0v) is 19.2. The maximum absolute atomic E-state index is 12.5. The Hall–Kier alpha value is -2.69. The third-order valence-electron chi connectivity index (χ3n) is 6.04. The van der Waals surface area contributed by atoms with Gasteiger partial charge in [0.1, 0.15) is 5.69 Å². The summed E-state index contributed by atoms with van der Waals surface area (Å²) in [6.45, 7) is 5.00. The van der Waals surface area contributed by atoms with Crippen molar-refractivity contribution in [1.29, 1.82) is 0 Å². The van der Waals surface area contributed by atoms with E-state index in [9.17, 15) is 28.1 Å². The number of esters is 1. The average molecular weight is 468 g/mol. The van der Waals surface area contributed by atoms with Gasteiger partial charge in [-0.15, -0.1) is 0 Å². The van der Waals surface area contributed by atoms with E-state index in [0.29, 0.717) is 37.7 Å². The summed E-state index contributed by atoms with van der Waals surface area (Å²) in [5.74, 6) is -0.960. The molecule has 2 aliphatic heterocycles. The zero-order valence-electron chi connectivity index (χ0n) is 18.4. The van der Waals surface area contributed by atoms with Crippen molar-refractivity contribution in [3.8, 4) is 0 Å². The van der Waals surface area contributed by atoms with Gasteiger partial charge in [0.15, 0.2) is 16.4 Å². The third kappa shape index (κ3) is 5.56. The van der Waals surface area contributed by atoms with Crippen LogP contribution in [0.25, 0.3) is 0 Å². The summed E-state index contributed by atoms with van der Waals surface area (Å²) in [6.07, 6.45) is 2.38. The highest BCUT2D eigenvalue weighted by Crippen LogP contribution is 2.32. The number of carbonyl (C=O) groups is 2. The van der Waals surface area contributed by atoms with E-state index >= 15 is 0 Å². The van der Waals surface area contributed by atoms with Crippen molar-refractivity contribution in [1.82, 2.24) is 4.90 Å². The summed E-state index contributed by atoms with van der Waals surface area (Å²) in [4.78, 5) is 39.5. The molecule has 0 spiro atoms. The van der Waals surface area contributed by atoms with Gasteiger partial charge in [-0.2, -0.15) is 0 Å². The Morgan fingerprint density at radius 1 is 1.31 bits per heavy atom. The van der Waals surface area contributed by atoms with Crippen molar-refractivity contribution >= 4 is 33.1 Å². The minimum atomic E-state index is -3.16. The normalized spacial score (nSPS) is 22.4. The molecule has 1 aromatic rings. The maximum atomic E-state index is 12.5. The summed E-state index contributed by atoms with van der Waals surface area (Å²) in [6, 6.07) is 3.78. The van der Waals surface area contributed by atoms with Crippen molar-refractivity contribution < 1.29 is 27.7 Å². The maximum Gasteiger partial charge on any atom is 0.338 e. The molecule has 3 rings (SSSR count). The van der Waals surface area contributed by atoms with Crippen LogP contribution in [0, 0.1) is 16.0 Å². The predicted molar refractivity (Wildman–Crippen MR) is 118 cm³/mol. The first-order chi connectivity index (χ1) is 15.1. The van der Waals surface area contributed by atoms with Gasteiger partial charge in [-0.05, 0) is 44.2 Å². The summed E-state index contributed by atoms with van der Waals surface area (Å²) in [5, 5.41) is 11.6. The Bertz CT molecular complexity index is 995. The van der Waals surface area contributed by atoms with Gasteiger partial charge in [0.25, 0.3) is 11.6 Å². The second-order valence-electron chi connectivity index (χ2n) is 8.47. The summed E-state index contributed by atoms with van der Waals surface area (Å²) >= 11 is 0. The lowest BCUT2D eigenvalue weighted by Gasteiger charge is -2.32. The monoisotopic (exact) mass is 467 g/mol. The first-order valence-corrected chi connectivity index (χ1v) is 12.6. The van der Waals surface area contributed by atoms with E-state index in [2.05, 4.69) is 6.92 Å². The van der Waals surface area contributed by atoms with E-state index in [4.69, 9.17) is 4.74 Å². The van der Waals surface area contributed by atoms with E-state index in [1.54, 1.807) is 13.0 Å². The van der Waals surface area contributed by atoms with Crippen LogP contribution in [0.4, 0.5) is 11.4 Å². The molecule has 176 valence electrons. The molecule has 0 saturated carbocycles. The highest BCUT2D eigenvalue weighted by molar-refractivity contribution is 7.91. The van der Waals surface area contributed by atoms with Crippen LogP contribution < -0.4 is 4.90 Å². The van der Waals surface area contributed by atoms with Crippen molar-refractivity contribution in [3.05, 3.63) is 33.9 Å². The molecular weight excluding hydrogens is 438 g/mol. The number of likely N-dealkylation sites (N-methyl/N-ethyl adjacent to an activating group) is 1. The van der Waals surface area contributed by atoms with E-state index < -0.39 is 39.3 Å². The second-order valence-corrected chi connectivity index (χ2v) is 10.7. The fraction of sp³-hybridized carbons (Fsp3) is 0.619. The van der Waals surface area contributed by atoms with Crippen LogP contribution in [0.1, 0.15) is 43.5 Å². The molecule has 0 N–H and O–H groups in total. The van der Waals surface area contributed by atoms with Crippen LogP contribution >= 0.6 is 0 Å². The van der Waals surface area contributed by atoms with Crippen LogP contribution in [-0.4, -0.2) is 73.9 Å². The summed E-state index contributed by atoms with van der Waals surface area (Å²) < 4.78 is 28.5. The van der Waals surface area contributed by atoms with Crippen LogP contribution in [0.15, 0.2) is 18.2 Å². The first kappa shape index (κ1) is 24.0. The number of hydrogen-bond acceptors (Lipinski definition) is 8. The van der Waals surface area contributed by atoms with Gasteiger partial charge in [-0.25, -0.2) is 13.2 Å². The molecule has 0 aromatic heterocycles. The second kappa shape index (κ2) is 9.85. The van der Waals surface area contributed by atoms with Gasteiger partial charge < -0.3 is 14.5 Å². The number of anilines is 1. The fourth-order valence-corrected chi connectivity index (χ4v) is 6.16. The molecular formula is C21H29N3O7S. The molecule has 2 fully saturated rings. The fourth-order valence-electron chi connectivity index (χ4n) is 4.43. The molecule has 1 aromatic carbocycles. The predicted octanol–water partition coefficient (Wildman–Crippen LogP) is 2.02. The Balaban J connectivity index is 1.67. The van der Waals surface area contributed by atoms with E-state index in [1.807, 2.05) is 4.90 Å². The van der Waals surface area contributed by atoms with Crippen molar-refractivity contribution in [3.63, 3.8) is 0 Å². The topological polar surface area (TPSA) is 127 Å². The van der Waals surface area contributed by atoms with Gasteiger partial charge in [-0.1, -0.05) is 6.92 Å². The number of nitro benzene ring substituents is 1. The standard InChI is InChI=1S/C21H29N3O7S/c1-3-23(17-8-10-32(29,30)14-17)20(25)13-31-21(26)16-6-7-18(19(11-16)24(27)28)22-9-4-5-15(2)12-22/h6-7,11,15,17H,3-5,8-10,12-14H2,1-2H3/t15-,17+/m1/s1. The number of benzene rings is 1. The quantitative estimate of drug-likeness (QED) is 0.339. The molecule has 0 aliphatic carbocycles. The molecule has 11 heteroatoms. The number of nitro groups is 1. The number of sulfone groups is 1. The number of carbonyl (C=O) groups excluding carboxylic acids is 2. The summed E-state index contributed by atoms with van der Waals surface area (Å²) in [7, 11) is -3.16. The lowest BCUT2D eigenvalue weighted by atomic mass is 9.99. The third-order valence-corrected chi connectivity index (χ3v) is 7.79. The van der Waals surface area contributed by atoms with Gasteiger partial charge in [0.2, 0.25) is 0 Å². The number of piperidine rings is 1. The van der Waals surface area contributed by atoms with Crippen molar-refractivity contribution in [2.75, 3.05) is 42.6 Å². The van der Waals surface area contributed by atoms with Crippen LogP contribution in [0.3, 0.4) is 0 Å².